The van der Waals surface area contributed by atoms with E-state index in [1.54, 1.807) is 0 Å². The minimum absolute atomic E-state index is 0.0242. The molecule has 0 radical (unpaired) electrons. The second kappa shape index (κ2) is 3.29. The van der Waals surface area contributed by atoms with Crippen LogP contribution >= 0.6 is 0 Å². The van der Waals surface area contributed by atoms with Crippen LogP contribution in [0, 0.1) is 5.82 Å². The monoisotopic (exact) mass is 195 g/mol. The fraction of sp³-hybridized carbons (Fsp3) is 0.300. The smallest absolute Gasteiger partial charge is 0.335 e. The van der Waals surface area contributed by atoms with Crippen molar-refractivity contribution >= 4 is 11.7 Å². The highest BCUT2D eigenvalue weighted by atomic mass is 19.1. The first-order valence-corrected chi connectivity index (χ1v) is 4.46. The second-order valence-electron chi connectivity index (χ2n) is 3.42. The van der Waals surface area contributed by atoms with Crippen molar-refractivity contribution < 1.29 is 14.3 Å². The highest BCUT2D eigenvalue weighted by molar-refractivity contribution is 5.88. The third kappa shape index (κ3) is 1.84. The molecule has 0 atom stereocenters. The van der Waals surface area contributed by atoms with Crippen LogP contribution in [0.25, 0.3) is 0 Å². The third-order valence-electron chi connectivity index (χ3n) is 2.15. The first-order chi connectivity index (χ1) is 6.66. The fourth-order valence-electron chi connectivity index (χ4n) is 1.21. The number of halogens is 1. The molecule has 0 saturated heterocycles. The molecule has 0 heterocycles. The predicted molar refractivity (Wildman–Crippen MR) is 50.0 cm³/mol. The quantitative estimate of drug-likeness (QED) is 0.776. The van der Waals surface area contributed by atoms with Crippen LogP contribution in [-0.4, -0.2) is 17.1 Å². The van der Waals surface area contributed by atoms with Crippen LogP contribution in [0.5, 0.6) is 0 Å². The van der Waals surface area contributed by atoms with E-state index in [2.05, 4.69) is 5.32 Å². The maximum Gasteiger partial charge on any atom is 0.335 e. The number of anilines is 1. The molecule has 1 aromatic rings. The van der Waals surface area contributed by atoms with Crippen LogP contribution in [0.2, 0.25) is 0 Å². The van der Waals surface area contributed by atoms with E-state index in [9.17, 15) is 9.18 Å². The minimum atomic E-state index is -1.11. The molecular weight excluding hydrogens is 185 g/mol. The Hall–Kier alpha value is -1.58. The molecule has 0 unspecified atom stereocenters. The molecule has 0 spiro atoms. The van der Waals surface area contributed by atoms with Crippen molar-refractivity contribution in [1.29, 1.82) is 0 Å². The first kappa shape index (κ1) is 8.99. The first-order valence-electron chi connectivity index (χ1n) is 4.46. The van der Waals surface area contributed by atoms with Crippen LogP contribution < -0.4 is 5.32 Å². The number of hydrogen-bond acceptors (Lipinski definition) is 2. The normalized spacial score (nSPS) is 15.2. The third-order valence-corrected chi connectivity index (χ3v) is 2.15. The van der Waals surface area contributed by atoms with Crippen LogP contribution in [0.15, 0.2) is 18.2 Å². The summed E-state index contributed by atoms with van der Waals surface area (Å²) < 4.78 is 13.3. The van der Waals surface area contributed by atoms with Crippen molar-refractivity contribution in [2.45, 2.75) is 18.9 Å². The molecule has 0 bridgehead atoms. The summed E-state index contributed by atoms with van der Waals surface area (Å²) in [6.07, 6.45) is 2.11. The lowest BCUT2D eigenvalue weighted by molar-refractivity contribution is 0.0696. The largest absolute Gasteiger partial charge is 0.478 e. The van der Waals surface area contributed by atoms with Gasteiger partial charge < -0.3 is 10.4 Å². The number of aromatic carboxylic acids is 1. The topological polar surface area (TPSA) is 49.3 Å². The molecular formula is C10H10FNO2. The number of nitrogens with one attached hydrogen (secondary N) is 1. The summed E-state index contributed by atoms with van der Waals surface area (Å²) in [7, 11) is 0. The number of hydrogen-bond donors (Lipinski definition) is 2. The highest BCUT2D eigenvalue weighted by Crippen LogP contribution is 2.26. The zero-order valence-corrected chi connectivity index (χ0v) is 7.46. The minimum Gasteiger partial charge on any atom is -0.478 e. The molecule has 0 aliphatic heterocycles. The van der Waals surface area contributed by atoms with Gasteiger partial charge in [0.1, 0.15) is 5.82 Å². The van der Waals surface area contributed by atoms with Gasteiger partial charge in [-0.2, -0.15) is 0 Å². The summed E-state index contributed by atoms with van der Waals surface area (Å²) >= 11 is 0. The lowest BCUT2D eigenvalue weighted by Crippen LogP contribution is -2.04. The van der Waals surface area contributed by atoms with Crippen LogP contribution in [0.3, 0.4) is 0 Å². The van der Waals surface area contributed by atoms with E-state index in [0.29, 0.717) is 11.7 Å². The van der Waals surface area contributed by atoms with E-state index in [1.165, 1.54) is 12.1 Å². The Balaban J connectivity index is 2.21. The molecule has 0 aromatic heterocycles. The van der Waals surface area contributed by atoms with Gasteiger partial charge in [0.05, 0.1) is 11.3 Å². The Bertz CT molecular complexity index is 374. The van der Waals surface area contributed by atoms with Crippen molar-refractivity contribution in [3.8, 4) is 0 Å². The molecule has 1 aliphatic rings. The maximum absolute atomic E-state index is 13.3. The Morgan fingerprint density at radius 1 is 1.50 bits per heavy atom. The van der Waals surface area contributed by atoms with Gasteiger partial charge in [0.15, 0.2) is 0 Å². The molecule has 2 N–H and O–H groups in total. The summed E-state index contributed by atoms with van der Waals surface area (Å²) in [6, 6.07) is 4.26. The van der Waals surface area contributed by atoms with Crippen molar-refractivity contribution in [3.05, 3.63) is 29.6 Å². The van der Waals surface area contributed by atoms with Crippen molar-refractivity contribution in [2.24, 2.45) is 0 Å². The molecule has 2 rings (SSSR count). The van der Waals surface area contributed by atoms with Gasteiger partial charge in [-0.3, -0.25) is 0 Å². The number of carbonyl (C=O) groups is 1. The van der Waals surface area contributed by atoms with E-state index >= 15 is 0 Å². The van der Waals surface area contributed by atoms with Gasteiger partial charge in [0.2, 0.25) is 0 Å². The highest BCUT2D eigenvalue weighted by Gasteiger charge is 2.22. The fourth-order valence-corrected chi connectivity index (χ4v) is 1.21. The number of benzene rings is 1. The van der Waals surface area contributed by atoms with E-state index in [0.717, 1.165) is 18.9 Å². The number of rotatable bonds is 3. The summed E-state index contributed by atoms with van der Waals surface area (Å²) in [5.41, 5.74) is 0.362. The van der Waals surface area contributed by atoms with Crippen LogP contribution in [0.4, 0.5) is 10.1 Å². The lowest BCUT2D eigenvalue weighted by Gasteiger charge is -2.05. The van der Waals surface area contributed by atoms with E-state index in [4.69, 9.17) is 5.11 Å². The van der Waals surface area contributed by atoms with Gasteiger partial charge in [0, 0.05) is 6.04 Å². The maximum atomic E-state index is 13.3. The average Bonchev–Trinajstić information content (AvgIpc) is 2.92. The van der Waals surface area contributed by atoms with Crippen LogP contribution in [0.1, 0.15) is 23.2 Å². The van der Waals surface area contributed by atoms with Crippen LogP contribution in [-0.2, 0) is 0 Å². The Labute approximate surface area is 80.6 Å². The molecule has 1 aliphatic carbocycles. The predicted octanol–water partition coefficient (Wildman–Crippen LogP) is 2.10. The van der Waals surface area contributed by atoms with Crippen molar-refractivity contribution in [1.82, 2.24) is 0 Å². The number of carboxylic acid groups (broad SMARTS) is 1. The molecule has 0 amide bonds. The Morgan fingerprint density at radius 2 is 2.21 bits per heavy atom. The summed E-state index contributed by atoms with van der Waals surface area (Å²) in [4.78, 5) is 10.5. The number of carboxylic acids is 1. The van der Waals surface area contributed by atoms with Gasteiger partial charge >= 0.3 is 5.97 Å². The molecule has 4 heteroatoms. The van der Waals surface area contributed by atoms with Gasteiger partial charge in [0.25, 0.3) is 0 Å². The second-order valence-corrected chi connectivity index (χ2v) is 3.42. The molecule has 14 heavy (non-hydrogen) atoms. The van der Waals surface area contributed by atoms with E-state index < -0.39 is 11.8 Å². The Kier molecular flexibility index (Phi) is 2.11. The van der Waals surface area contributed by atoms with E-state index in [1.807, 2.05) is 0 Å². The van der Waals surface area contributed by atoms with E-state index in [-0.39, 0.29) is 5.56 Å². The summed E-state index contributed by atoms with van der Waals surface area (Å²) in [5, 5.41) is 11.6. The summed E-state index contributed by atoms with van der Waals surface area (Å²) in [5.74, 6) is -1.61. The average molecular weight is 195 g/mol. The van der Waals surface area contributed by atoms with Gasteiger partial charge in [-0.1, -0.05) is 0 Å². The zero-order chi connectivity index (χ0) is 10.1. The molecule has 1 saturated carbocycles. The molecule has 74 valence electrons. The van der Waals surface area contributed by atoms with Gasteiger partial charge in [-0.05, 0) is 31.0 Å². The van der Waals surface area contributed by atoms with Crippen molar-refractivity contribution in [2.75, 3.05) is 5.32 Å². The zero-order valence-electron chi connectivity index (χ0n) is 7.46. The molecule has 1 fully saturated rings. The van der Waals surface area contributed by atoms with Gasteiger partial charge in [-0.15, -0.1) is 0 Å². The van der Waals surface area contributed by atoms with Gasteiger partial charge in [-0.25, -0.2) is 9.18 Å². The Morgan fingerprint density at radius 3 is 2.71 bits per heavy atom. The van der Waals surface area contributed by atoms with Crippen molar-refractivity contribution in [3.63, 3.8) is 0 Å². The molecule has 3 nitrogen and oxygen atoms in total. The molecule has 1 aromatic carbocycles. The standard InChI is InChI=1S/C10H10FNO2/c11-8-5-6(10(13)14)1-4-9(8)12-7-2-3-7/h1,4-5,7,12H,2-3H2,(H,13,14). The lowest BCUT2D eigenvalue weighted by atomic mass is 10.2. The summed E-state index contributed by atoms with van der Waals surface area (Å²) in [6.45, 7) is 0. The SMILES string of the molecule is O=C(O)c1ccc(NC2CC2)c(F)c1.